The van der Waals surface area contributed by atoms with Gasteiger partial charge in [0.1, 0.15) is 5.01 Å². The molecule has 0 aliphatic heterocycles. The summed E-state index contributed by atoms with van der Waals surface area (Å²) in [6.45, 7) is 0. The first-order valence-electron chi connectivity index (χ1n) is 6.41. The number of benzene rings is 1. The van der Waals surface area contributed by atoms with Crippen molar-refractivity contribution in [2.45, 2.75) is 0 Å². The molecule has 1 aromatic carbocycles. The molecule has 0 bridgehead atoms. The summed E-state index contributed by atoms with van der Waals surface area (Å²) in [5.41, 5.74) is 0.887. The first kappa shape index (κ1) is 13.8. The van der Waals surface area contributed by atoms with E-state index < -0.39 is 17.5 Å². The molecule has 4 rings (SSSR count). The molecule has 0 atom stereocenters. The molecule has 23 heavy (non-hydrogen) atoms. The van der Waals surface area contributed by atoms with E-state index >= 15 is 0 Å². The van der Waals surface area contributed by atoms with Gasteiger partial charge in [0.15, 0.2) is 23.3 Å². The number of nitrogens with zero attached hydrogens (tertiary/aromatic N) is 5. The molecule has 4 aromatic rings. The molecule has 3 heterocycles. The van der Waals surface area contributed by atoms with Crippen molar-refractivity contribution in [1.82, 2.24) is 24.8 Å². The molecule has 0 unspecified atom stereocenters. The van der Waals surface area contributed by atoms with Gasteiger partial charge in [0, 0.05) is 23.5 Å². The van der Waals surface area contributed by atoms with Crippen molar-refractivity contribution in [3.8, 4) is 22.0 Å². The Labute approximate surface area is 131 Å². The minimum atomic E-state index is -1.51. The first-order chi connectivity index (χ1) is 11.1. The van der Waals surface area contributed by atoms with E-state index in [-0.39, 0.29) is 5.56 Å². The standard InChI is InChI=1S/C14H6F3N5S/c15-9-5-8(6-10(16)11(9)17)13-21-22-12(19-20-14(22)23-13)7-1-3-18-4-2-7/h1-6H. The van der Waals surface area contributed by atoms with Crippen LogP contribution in [-0.4, -0.2) is 24.8 Å². The summed E-state index contributed by atoms with van der Waals surface area (Å²) in [6.07, 6.45) is 3.21. The van der Waals surface area contributed by atoms with Gasteiger partial charge in [-0.05, 0) is 24.3 Å². The lowest BCUT2D eigenvalue weighted by Crippen LogP contribution is -1.94. The molecule has 0 saturated heterocycles. The first-order valence-corrected chi connectivity index (χ1v) is 7.22. The fraction of sp³-hybridized carbons (Fsp3) is 0. The molecule has 0 N–H and O–H groups in total. The summed E-state index contributed by atoms with van der Waals surface area (Å²) < 4.78 is 41.3. The molecule has 9 heteroatoms. The van der Waals surface area contributed by atoms with E-state index in [9.17, 15) is 13.2 Å². The summed E-state index contributed by atoms with van der Waals surface area (Å²) in [6, 6.07) is 5.28. The van der Waals surface area contributed by atoms with Crippen molar-refractivity contribution < 1.29 is 13.2 Å². The van der Waals surface area contributed by atoms with Crippen LogP contribution < -0.4 is 0 Å². The average Bonchev–Trinajstić information content (AvgIpc) is 3.13. The van der Waals surface area contributed by atoms with E-state index in [0.29, 0.717) is 15.8 Å². The SMILES string of the molecule is Fc1cc(-c2nn3c(-c4ccncc4)nnc3s2)cc(F)c1F. The molecule has 114 valence electrons. The van der Waals surface area contributed by atoms with Crippen LogP contribution in [0.2, 0.25) is 0 Å². The number of hydrogen-bond donors (Lipinski definition) is 0. The highest BCUT2D eigenvalue weighted by Crippen LogP contribution is 2.29. The van der Waals surface area contributed by atoms with Gasteiger partial charge in [-0.2, -0.15) is 9.61 Å². The maximum absolute atomic E-state index is 13.4. The molecular weight excluding hydrogens is 327 g/mol. The van der Waals surface area contributed by atoms with Gasteiger partial charge < -0.3 is 0 Å². The summed E-state index contributed by atoms with van der Waals surface area (Å²) in [5.74, 6) is -3.55. The largest absolute Gasteiger partial charge is 0.265 e. The van der Waals surface area contributed by atoms with Crippen LogP contribution in [0.15, 0.2) is 36.7 Å². The third kappa shape index (κ3) is 2.25. The average molecular weight is 333 g/mol. The number of aromatic nitrogens is 5. The Bertz CT molecular complexity index is 989. The monoisotopic (exact) mass is 333 g/mol. The maximum Gasteiger partial charge on any atom is 0.235 e. The van der Waals surface area contributed by atoms with Gasteiger partial charge in [0.25, 0.3) is 0 Å². The molecule has 0 fully saturated rings. The summed E-state index contributed by atoms with van der Waals surface area (Å²) in [7, 11) is 0. The zero-order valence-corrected chi connectivity index (χ0v) is 12.1. The van der Waals surface area contributed by atoms with Crippen LogP contribution in [-0.2, 0) is 0 Å². The van der Waals surface area contributed by atoms with Crippen LogP contribution in [0.1, 0.15) is 0 Å². The van der Waals surface area contributed by atoms with Crippen molar-refractivity contribution in [3.63, 3.8) is 0 Å². The van der Waals surface area contributed by atoms with Gasteiger partial charge in [-0.1, -0.05) is 11.3 Å². The Balaban J connectivity index is 1.86. The van der Waals surface area contributed by atoms with E-state index in [1.165, 1.54) is 4.52 Å². The highest BCUT2D eigenvalue weighted by molar-refractivity contribution is 7.19. The zero-order chi connectivity index (χ0) is 16.0. The number of halogens is 3. The maximum atomic E-state index is 13.4. The molecule has 0 aliphatic carbocycles. The predicted molar refractivity (Wildman–Crippen MR) is 77.2 cm³/mol. The molecular formula is C14H6F3N5S. The molecule has 0 amide bonds. The van der Waals surface area contributed by atoms with E-state index in [1.807, 2.05) is 0 Å². The Morgan fingerprint density at radius 2 is 1.61 bits per heavy atom. The van der Waals surface area contributed by atoms with Crippen LogP contribution in [0.3, 0.4) is 0 Å². The van der Waals surface area contributed by atoms with Gasteiger partial charge in [-0.3, -0.25) is 4.98 Å². The van der Waals surface area contributed by atoms with Crippen LogP contribution in [0.4, 0.5) is 13.2 Å². The second kappa shape index (κ2) is 5.13. The van der Waals surface area contributed by atoms with Crippen molar-refractivity contribution in [2.75, 3.05) is 0 Å². The fourth-order valence-electron chi connectivity index (χ4n) is 2.09. The predicted octanol–water partition coefficient (Wildman–Crippen LogP) is 3.33. The smallest absolute Gasteiger partial charge is 0.235 e. The van der Waals surface area contributed by atoms with Crippen LogP contribution in [0, 0.1) is 17.5 Å². The normalized spacial score (nSPS) is 11.3. The van der Waals surface area contributed by atoms with E-state index in [0.717, 1.165) is 29.0 Å². The summed E-state index contributed by atoms with van der Waals surface area (Å²) in [4.78, 5) is 4.38. The van der Waals surface area contributed by atoms with E-state index in [4.69, 9.17) is 0 Å². The third-order valence-electron chi connectivity index (χ3n) is 3.16. The summed E-state index contributed by atoms with van der Waals surface area (Å²) >= 11 is 1.10. The van der Waals surface area contributed by atoms with Crippen molar-refractivity contribution in [1.29, 1.82) is 0 Å². The molecule has 5 nitrogen and oxygen atoms in total. The minimum absolute atomic E-state index is 0.137. The summed E-state index contributed by atoms with van der Waals surface area (Å²) in [5, 5.41) is 12.6. The molecule has 0 aliphatic rings. The second-order valence-electron chi connectivity index (χ2n) is 4.61. The molecule has 0 radical (unpaired) electrons. The van der Waals surface area contributed by atoms with Gasteiger partial charge in [0.2, 0.25) is 4.96 Å². The van der Waals surface area contributed by atoms with Gasteiger partial charge in [-0.25, -0.2) is 13.2 Å². The number of pyridine rings is 1. The van der Waals surface area contributed by atoms with Crippen LogP contribution in [0.25, 0.3) is 26.9 Å². The molecule has 3 aromatic heterocycles. The van der Waals surface area contributed by atoms with Crippen LogP contribution >= 0.6 is 11.3 Å². The second-order valence-corrected chi connectivity index (χ2v) is 5.57. The van der Waals surface area contributed by atoms with E-state index in [1.54, 1.807) is 24.5 Å². The quantitative estimate of drug-likeness (QED) is 0.528. The molecule has 0 saturated carbocycles. The molecule has 0 spiro atoms. The Kier molecular flexibility index (Phi) is 3.08. The topological polar surface area (TPSA) is 56.0 Å². The third-order valence-corrected chi connectivity index (χ3v) is 4.11. The fourth-order valence-corrected chi connectivity index (χ4v) is 2.92. The Morgan fingerprint density at radius 3 is 2.30 bits per heavy atom. The lowest BCUT2D eigenvalue weighted by atomic mass is 10.2. The minimum Gasteiger partial charge on any atom is -0.265 e. The number of fused-ring (bicyclic) bond motifs is 1. The van der Waals surface area contributed by atoms with Gasteiger partial charge in [0.05, 0.1) is 0 Å². The number of hydrogen-bond acceptors (Lipinski definition) is 5. The lowest BCUT2D eigenvalue weighted by Gasteiger charge is -1.99. The Hall–Kier alpha value is -2.81. The van der Waals surface area contributed by atoms with Crippen molar-refractivity contribution >= 4 is 16.3 Å². The van der Waals surface area contributed by atoms with Crippen LogP contribution in [0.5, 0.6) is 0 Å². The highest BCUT2D eigenvalue weighted by atomic mass is 32.1. The zero-order valence-electron chi connectivity index (χ0n) is 11.2. The van der Waals surface area contributed by atoms with Gasteiger partial charge >= 0.3 is 0 Å². The van der Waals surface area contributed by atoms with E-state index in [2.05, 4.69) is 20.3 Å². The lowest BCUT2D eigenvalue weighted by molar-refractivity contribution is 0.447. The van der Waals surface area contributed by atoms with Gasteiger partial charge in [-0.15, -0.1) is 10.2 Å². The Morgan fingerprint density at radius 1 is 0.913 bits per heavy atom. The number of rotatable bonds is 2. The highest BCUT2D eigenvalue weighted by Gasteiger charge is 2.17. The van der Waals surface area contributed by atoms with Crippen molar-refractivity contribution in [3.05, 3.63) is 54.1 Å². The van der Waals surface area contributed by atoms with Crippen molar-refractivity contribution in [2.24, 2.45) is 0 Å².